The number of hydrogen-bond acceptors (Lipinski definition) is 7. The Bertz CT molecular complexity index is 1370. The van der Waals surface area contributed by atoms with E-state index in [4.69, 9.17) is 9.72 Å². The van der Waals surface area contributed by atoms with Crippen molar-refractivity contribution in [3.63, 3.8) is 0 Å². The third-order valence-corrected chi connectivity index (χ3v) is 7.79. The maximum Gasteiger partial charge on any atom is 0.325 e. The fraction of sp³-hybridized carbons (Fsp3) is 0.516. The number of likely N-dealkylation sites (N-methyl/N-ethyl adjacent to an activating group) is 1. The second-order valence-electron chi connectivity index (χ2n) is 12.0. The van der Waals surface area contributed by atoms with Crippen molar-refractivity contribution in [2.24, 2.45) is 11.3 Å². The predicted octanol–water partition coefficient (Wildman–Crippen LogP) is 3.38. The lowest BCUT2D eigenvalue weighted by atomic mass is 9.88. The Morgan fingerprint density at radius 3 is 2.49 bits per heavy atom. The summed E-state index contributed by atoms with van der Waals surface area (Å²) < 4.78 is 5.76. The van der Waals surface area contributed by atoms with Crippen molar-refractivity contribution in [3.8, 4) is 0 Å². The van der Waals surface area contributed by atoms with E-state index in [1.807, 2.05) is 70.2 Å². The number of carbonyl (C=O) groups is 4. The number of carbonyl (C=O) groups excluding carboxylic acids is 4. The van der Waals surface area contributed by atoms with Gasteiger partial charge in [-0.25, -0.2) is 10.4 Å². The number of rotatable bonds is 1. The van der Waals surface area contributed by atoms with Gasteiger partial charge < -0.3 is 15.0 Å². The average molecular weight is 564 g/mol. The molecule has 0 unspecified atom stereocenters. The number of cyclic esters (lactones) is 1. The zero-order chi connectivity index (χ0) is 30.1. The molecule has 1 aromatic carbocycles. The van der Waals surface area contributed by atoms with Crippen LogP contribution in [0.2, 0.25) is 0 Å². The molecule has 2 aromatic rings. The van der Waals surface area contributed by atoms with Crippen molar-refractivity contribution in [1.29, 1.82) is 0 Å². The Morgan fingerprint density at radius 2 is 1.78 bits per heavy atom. The van der Waals surface area contributed by atoms with Gasteiger partial charge in [0.25, 0.3) is 5.91 Å². The monoisotopic (exact) mass is 563 g/mol. The SMILES string of the molecule is CC(C)[C@H]1C(=O)N[C@@H](C)C(=O)N2CCC[C@H](N2)C(=O)O[C@H](C)c2ccc3ccc(cc3n2)C=CC(C)(C)C(=O)N1C. The molecule has 2 N–H and O–H groups in total. The van der Waals surface area contributed by atoms with Gasteiger partial charge in [0.1, 0.15) is 24.2 Å². The highest BCUT2D eigenvalue weighted by atomic mass is 16.5. The molecule has 3 heterocycles. The fourth-order valence-electron chi connectivity index (χ4n) is 5.39. The van der Waals surface area contributed by atoms with Crippen LogP contribution < -0.4 is 10.7 Å². The van der Waals surface area contributed by atoms with Gasteiger partial charge >= 0.3 is 5.97 Å². The molecule has 4 atom stereocenters. The number of ether oxygens (including phenoxy) is 1. The quantitative estimate of drug-likeness (QED) is 0.511. The number of aromatic nitrogens is 1. The van der Waals surface area contributed by atoms with Gasteiger partial charge in [0, 0.05) is 19.0 Å². The molecule has 5 bridgehead atoms. The van der Waals surface area contributed by atoms with Crippen LogP contribution in [-0.2, 0) is 23.9 Å². The standard InChI is InChI=1S/C31H41N5O5/c1-18(2)26-27(37)32-19(3)28(38)36-16-8-9-24(34-36)29(39)41-20(4)23-13-12-22-11-10-21(17-25(22)33-23)14-15-31(5,6)30(40)35(26)7/h10-15,17-20,24,26,34H,8-9,16H2,1-7H3,(H,32,37)/t19-,20+,24-,26-/m0/s1. The molecule has 3 amide bonds. The molecule has 0 aliphatic carbocycles. The fourth-order valence-corrected chi connectivity index (χ4v) is 5.39. The molecule has 41 heavy (non-hydrogen) atoms. The summed E-state index contributed by atoms with van der Waals surface area (Å²) in [4.78, 5) is 59.7. The maximum atomic E-state index is 13.7. The van der Waals surface area contributed by atoms with E-state index in [2.05, 4.69) is 10.7 Å². The van der Waals surface area contributed by atoms with Crippen molar-refractivity contribution in [3.05, 3.63) is 47.7 Å². The van der Waals surface area contributed by atoms with E-state index in [0.29, 0.717) is 25.1 Å². The summed E-state index contributed by atoms with van der Waals surface area (Å²) in [5.41, 5.74) is 4.27. The Morgan fingerprint density at radius 1 is 1.07 bits per heavy atom. The first-order valence-electron chi connectivity index (χ1n) is 14.2. The number of nitrogens with zero attached hydrogens (tertiary/aromatic N) is 3. The Hall–Kier alpha value is -3.79. The number of amides is 3. The molecular formula is C31H41N5O5. The lowest BCUT2D eigenvalue weighted by Crippen LogP contribution is -2.61. The minimum Gasteiger partial charge on any atom is -0.455 e. The summed E-state index contributed by atoms with van der Waals surface area (Å²) in [5, 5.41) is 5.10. The first kappa shape index (κ1) is 30.2. The number of fused-ring (bicyclic) bond motifs is 4. The highest BCUT2D eigenvalue weighted by Crippen LogP contribution is 2.27. The average Bonchev–Trinajstić information content (AvgIpc) is 2.94. The third kappa shape index (κ3) is 6.59. The van der Waals surface area contributed by atoms with Crippen LogP contribution in [0, 0.1) is 11.3 Å². The highest BCUT2D eigenvalue weighted by molar-refractivity contribution is 5.94. The summed E-state index contributed by atoms with van der Waals surface area (Å²) in [5.74, 6) is -1.69. The third-order valence-electron chi connectivity index (χ3n) is 7.79. The first-order valence-corrected chi connectivity index (χ1v) is 14.2. The molecule has 2 aliphatic rings. The van der Waals surface area contributed by atoms with Gasteiger partial charge in [-0.15, -0.1) is 0 Å². The number of nitrogens with one attached hydrogen (secondary N) is 2. The minimum absolute atomic E-state index is 0.206. The molecule has 1 aromatic heterocycles. The smallest absolute Gasteiger partial charge is 0.325 e. The molecule has 1 fully saturated rings. The minimum atomic E-state index is -0.915. The Balaban J connectivity index is 1.74. The van der Waals surface area contributed by atoms with E-state index >= 15 is 0 Å². The van der Waals surface area contributed by atoms with Crippen LogP contribution in [0.25, 0.3) is 17.0 Å². The van der Waals surface area contributed by atoms with E-state index in [1.165, 1.54) is 9.91 Å². The lowest BCUT2D eigenvalue weighted by molar-refractivity contribution is -0.157. The summed E-state index contributed by atoms with van der Waals surface area (Å²) in [6.07, 6.45) is 4.20. The summed E-state index contributed by atoms with van der Waals surface area (Å²) in [6.45, 7) is 11.1. The summed E-state index contributed by atoms with van der Waals surface area (Å²) >= 11 is 0. The predicted molar refractivity (Wildman–Crippen MR) is 156 cm³/mol. The second-order valence-corrected chi connectivity index (χ2v) is 12.0. The van der Waals surface area contributed by atoms with Crippen molar-refractivity contribution in [1.82, 2.24) is 25.6 Å². The molecule has 10 heteroatoms. The van der Waals surface area contributed by atoms with Gasteiger partial charge in [0.2, 0.25) is 11.8 Å². The number of esters is 1. The van der Waals surface area contributed by atoms with Gasteiger partial charge in [0.05, 0.1) is 16.6 Å². The van der Waals surface area contributed by atoms with Gasteiger partial charge in [-0.3, -0.25) is 24.2 Å². The molecule has 1 saturated heterocycles. The van der Waals surface area contributed by atoms with Crippen LogP contribution in [0.15, 0.2) is 36.4 Å². The van der Waals surface area contributed by atoms with Crippen LogP contribution in [-0.4, -0.2) is 70.3 Å². The molecule has 4 rings (SSSR count). The van der Waals surface area contributed by atoms with Crippen LogP contribution in [0.4, 0.5) is 0 Å². The lowest BCUT2D eigenvalue weighted by Gasteiger charge is -2.37. The van der Waals surface area contributed by atoms with Crippen molar-refractivity contribution >= 4 is 40.7 Å². The van der Waals surface area contributed by atoms with Crippen LogP contribution in [0.1, 0.15) is 71.7 Å². The molecular weight excluding hydrogens is 522 g/mol. The number of pyridine rings is 1. The van der Waals surface area contributed by atoms with E-state index in [0.717, 1.165) is 16.5 Å². The van der Waals surface area contributed by atoms with Crippen molar-refractivity contribution < 1.29 is 23.9 Å². The number of hydrogen-bond donors (Lipinski definition) is 2. The van der Waals surface area contributed by atoms with E-state index in [1.54, 1.807) is 20.9 Å². The topological polar surface area (TPSA) is 121 Å². The Kier molecular flexibility index (Phi) is 8.82. The zero-order valence-corrected chi connectivity index (χ0v) is 24.9. The van der Waals surface area contributed by atoms with Crippen LogP contribution in [0.5, 0.6) is 0 Å². The molecule has 220 valence electrons. The van der Waals surface area contributed by atoms with E-state index in [9.17, 15) is 19.2 Å². The molecule has 0 radical (unpaired) electrons. The largest absolute Gasteiger partial charge is 0.455 e. The van der Waals surface area contributed by atoms with Crippen molar-refractivity contribution in [2.45, 2.75) is 78.6 Å². The molecule has 0 spiro atoms. The summed E-state index contributed by atoms with van der Waals surface area (Å²) in [6, 6.07) is 7.22. The second kappa shape index (κ2) is 12.0. The highest BCUT2D eigenvalue weighted by Gasteiger charge is 2.38. The van der Waals surface area contributed by atoms with Crippen LogP contribution in [0.3, 0.4) is 0 Å². The molecule has 2 aliphatic heterocycles. The maximum absolute atomic E-state index is 13.7. The number of hydrazine groups is 1. The normalized spacial score (nSPS) is 26.3. The van der Waals surface area contributed by atoms with E-state index in [-0.39, 0.29) is 17.7 Å². The van der Waals surface area contributed by atoms with Gasteiger partial charge in [0.15, 0.2) is 0 Å². The Labute approximate surface area is 241 Å². The van der Waals surface area contributed by atoms with Gasteiger partial charge in [-0.05, 0) is 64.2 Å². The number of benzene rings is 1. The van der Waals surface area contributed by atoms with Gasteiger partial charge in [-0.2, -0.15) is 0 Å². The molecule has 10 nitrogen and oxygen atoms in total. The van der Waals surface area contributed by atoms with Gasteiger partial charge in [-0.1, -0.05) is 44.2 Å². The summed E-state index contributed by atoms with van der Waals surface area (Å²) in [7, 11) is 1.62. The first-order chi connectivity index (χ1) is 19.3. The van der Waals surface area contributed by atoms with Crippen LogP contribution >= 0.6 is 0 Å². The zero-order valence-electron chi connectivity index (χ0n) is 24.9. The van der Waals surface area contributed by atoms with E-state index < -0.39 is 41.5 Å². The molecule has 0 saturated carbocycles. The van der Waals surface area contributed by atoms with Crippen molar-refractivity contribution in [2.75, 3.05) is 13.6 Å².